The van der Waals surface area contributed by atoms with Gasteiger partial charge in [0.1, 0.15) is 6.10 Å². The Hall–Kier alpha value is -1.08. The molecule has 3 aliphatic heterocycles. The summed E-state index contributed by atoms with van der Waals surface area (Å²) in [6, 6.07) is 3.85. The smallest absolute Gasteiger partial charge is 0.312 e. The Labute approximate surface area is 178 Å². The fourth-order valence-electron chi connectivity index (χ4n) is 4.81. The van der Waals surface area contributed by atoms with Crippen LogP contribution >= 0.6 is 24.8 Å². The Morgan fingerprint density at radius 1 is 1.18 bits per heavy atom. The number of rotatable bonds is 3. The molecule has 1 aromatic rings. The molecule has 4 rings (SSSR count). The van der Waals surface area contributed by atoms with E-state index in [-0.39, 0.29) is 47.9 Å². The van der Waals surface area contributed by atoms with Gasteiger partial charge in [0.05, 0.1) is 5.41 Å². The minimum absolute atomic E-state index is 0. The number of hydrogen-bond donors (Lipinski definition) is 1. The zero-order chi connectivity index (χ0) is 18.1. The number of aromatic nitrogens is 1. The Balaban J connectivity index is 0.00000140. The number of halogens is 2. The van der Waals surface area contributed by atoms with Gasteiger partial charge < -0.3 is 14.6 Å². The second kappa shape index (κ2) is 9.61. The highest BCUT2D eigenvalue weighted by molar-refractivity contribution is 5.85. The molecule has 1 atom stereocenters. The van der Waals surface area contributed by atoms with Crippen LogP contribution in [0.1, 0.15) is 43.6 Å². The van der Waals surface area contributed by atoms with Gasteiger partial charge in [0, 0.05) is 32.3 Å². The van der Waals surface area contributed by atoms with Crippen LogP contribution in [0.5, 0.6) is 0 Å². The van der Waals surface area contributed by atoms with E-state index < -0.39 is 0 Å². The van der Waals surface area contributed by atoms with E-state index in [0.717, 1.165) is 70.4 Å². The molecular formula is C20H31Cl2N3O3. The number of carbonyl (C=O) groups is 1. The summed E-state index contributed by atoms with van der Waals surface area (Å²) in [4.78, 5) is 26.7. The summed E-state index contributed by atoms with van der Waals surface area (Å²) in [6.07, 6.45) is 6.72. The van der Waals surface area contributed by atoms with E-state index in [1.807, 2.05) is 6.20 Å². The average molecular weight is 432 g/mol. The number of ether oxygens (including phenoxy) is 1. The molecule has 1 spiro atoms. The number of pyridine rings is 1. The first-order valence-corrected chi connectivity index (χ1v) is 9.86. The molecule has 3 saturated heterocycles. The molecular weight excluding hydrogens is 401 g/mol. The molecule has 158 valence electrons. The molecule has 0 aromatic carbocycles. The summed E-state index contributed by atoms with van der Waals surface area (Å²) in [5.74, 6) is 0.487. The van der Waals surface area contributed by atoms with Crippen LogP contribution < -0.4 is 10.9 Å². The molecule has 4 heterocycles. The fourth-order valence-corrected chi connectivity index (χ4v) is 4.81. The number of nitrogens with one attached hydrogen (secondary N) is 1. The third kappa shape index (κ3) is 4.73. The number of carbonyl (C=O) groups excluding carboxylic acids is 1. The van der Waals surface area contributed by atoms with E-state index in [1.54, 1.807) is 17.7 Å². The van der Waals surface area contributed by atoms with E-state index in [9.17, 15) is 9.59 Å². The lowest BCUT2D eigenvalue weighted by Gasteiger charge is -2.33. The second-order valence-electron chi connectivity index (χ2n) is 8.25. The number of aryl methyl sites for hydroxylation is 1. The van der Waals surface area contributed by atoms with Gasteiger partial charge in [-0.3, -0.25) is 14.5 Å². The van der Waals surface area contributed by atoms with Gasteiger partial charge in [0.15, 0.2) is 0 Å². The van der Waals surface area contributed by atoms with Gasteiger partial charge in [-0.25, -0.2) is 0 Å². The standard InChI is InChI=1S/C20H29N3O3.2ClH/c1-22-9-2-16(12-18(22)24)15-3-10-23(11-4-15)14-17-13-20(19(25)26-17)5-7-21-8-6-20;;/h2,9,12,15,17,21H,3-8,10-11,13-14H2,1H3;2*1H. The molecule has 28 heavy (non-hydrogen) atoms. The van der Waals surface area contributed by atoms with Crippen molar-refractivity contribution in [3.63, 3.8) is 0 Å². The van der Waals surface area contributed by atoms with Crippen molar-refractivity contribution < 1.29 is 9.53 Å². The van der Waals surface area contributed by atoms with Crippen LogP contribution in [0.4, 0.5) is 0 Å². The van der Waals surface area contributed by atoms with Crippen LogP contribution in [0.25, 0.3) is 0 Å². The van der Waals surface area contributed by atoms with Crippen molar-refractivity contribution in [1.29, 1.82) is 0 Å². The Bertz CT molecular complexity index is 726. The van der Waals surface area contributed by atoms with Crippen LogP contribution in [-0.4, -0.2) is 54.3 Å². The van der Waals surface area contributed by atoms with Crippen LogP contribution in [-0.2, 0) is 16.6 Å². The SMILES string of the molecule is Cl.Cl.Cn1ccc(C2CCN(CC3CC4(CCNCC4)C(=O)O3)CC2)cc1=O. The second-order valence-corrected chi connectivity index (χ2v) is 8.25. The summed E-state index contributed by atoms with van der Waals surface area (Å²) in [5.41, 5.74) is 1.00. The lowest BCUT2D eigenvalue weighted by atomic mass is 9.76. The van der Waals surface area contributed by atoms with Crippen LogP contribution in [0.3, 0.4) is 0 Å². The van der Waals surface area contributed by atoms with Crippen molar-refractivity contribution >= 4 is 30.8 Å². The molecule has 1 unspecified atom stereocenters. The van der Waals surface area contributed by atoms with Crippen LogP contribution in [0, 0.1) is 5.41 Å². The molecule has 0 aliphatic carbocycles. The monoisotopic (exact) mass is 431 g/mol. The number of esters is 1. The van der Waals surface area contributed by atoms with Crippen LogP contribution in [0.15, 0.2) is 23.1 Å². The largest absolute Gasteiger partial charge is 0.461 e. The lowest BCUT2D eigenvalue weighted by molar-refractivity contribution is -0.150. The zero-order valence-corrected chi connectivity index (χ0v) is 18.0. The van der Waals surface area contributed by atoms with E-state index in [1.165, 1.54) is 0 Å². The Morgan fingerprint density at radius 2 is 1.86 bits per heavy atom. The van der Waals surface area contributed by atoms with Gasteiger partial charge in [0.25, 0.3) is 5.56 Å². The van der Waals surface area contributed by atoms with E-state index >= 15 is 0 Å². The highest BCUT2D eigenvalue weighted by Gasteiger charge is 2.49. The molecule has 0 saturated carbocycles. The Kier molecular flexibility index (Phi) is 7.97. The normalized spacial score (nSPS) is 25.0. The molecule has 1 aromatic heterocycles. The van der Waals surface area contributed by atoms with Crippen molar-refractivity contribution in [2.24, 2.45) is 12.5 Å². The topological polar surface area (TPSA) is 63.6 Å². The first-order chi connectivity index (χ1) is 12.6. The summed E-state index contributed by atoms with van der Waals surface area (Å²) in [6.45, 7) is 4.70. The molecule has 0 radical (unpaired) electrons. The third-order valence-corrected chi connectivity index (χ3v) is 6.53. The predicted molar refractivity (Wildman–Crippen MR) is 114 cm³/mol. The lowest BCUT2D eigenvalue weighted by Crippen LogP contribution is -2.40. The van der Waals surface area contributed by atoms with Crippen molar-refractivity contribution in [2.75, 3.05) is 32.7 Å². The van der Waals surface area contributed by atoms with Gasteiger partial charge in [-0.1, -0.05) is 0 Å². The maximum atomic E-state index is 12.4. The molecule has 3 aliphatic rings. The van der Waals surface area contributed by atoms with Gasteiger partial charge in [-0.05, 0) is 69.4 Å². The van der Waals surface area contributed by atoms with Crippen molar-refractivity contribution in [3.05, 3.63) is 34.2 Å². The van der Waals surface area contributed by atoms with Gasteiger partial charge in [-0.15, -0.1) is 24.8 Å². The average Bonchev–Trinajstić information content (AvgIpc) is 2.93. The van der Waals surface area contributed by atoms with Gasteiger partial charge in [0.2, 0.25) is 0 Å². The van der Waals surface area contributed by atoms with E-state index in [2.05, 4.69) is 16.3 Å². The fraction of sp³-hybridized carbons (Fsp3) is 0.700. The molecule has 0 bridgehead atoms. The first kappa shape index (κ1) is 23.2. The number of piperidine rings is 2. The number of hydrogen-bond acceptors (Lipinski definition) is 5. The maximum Gasteiger partial charge on any atom is 0.312 e. The minimum Gasteiger partial charge on any atom is -0.461 e. The van der Waals surface area contributed by atoms with Crippen molar-refractivity contribution in [3.8, 4) is 0 Å². The first-order valence-electron chi connectivity index (χ1n) is 9.86. The molecule has 8 heteroatoms. The summed E-state index contributed by atoms with van der Waals surface area (Å²) < 4.78 is 7.36. The summed E-state index contributed by atoms with van der Waals surface area (Å²) >= 11 is 0. The molecule has 6 nitrogen and oxygen atoms in total. The maximum absolute atomic E-state index is 12.4. The Morgan fingerprint density at radius 3 is 2.50 bits per heavy atom. The summed E-state index contributed by atoms with van der Waals surface area (Å²) in [7, 11) is 1.78. The van der Waals surface area contributed by atoms with Gasteiger partial charge in [-0.2, -0.15) is 0 Å². The van der Waals surface area contributed by atoms with Crippen molar-refractivity contribution in [1.82, 2.24) is 14.8 Å². The highest BCUT2D eigenvalue weighted by Crippen LogP contribution is 2.42. The van der Waals surface area contributed by atoms with E-state index in [4.69, 9.17) is 4.74 Å². The zero-order valence-electron chi connectivity index (χ0n) is 16.4. The van der Waals surface area contributed by atoms with E-state index in [0.29, 0.717) is 5.92 Å². The van der Waals surface area contributed by atoms with Gasteiger partial charge >= 0.3 is 5.97 Å². The highest BCUT2D eigenvalue weighted by atomic mass is 35.5. The number of cyclic esters (lactones) is 1. The third-order valence-electron chi connectivity index (χ3n) is 6.53. The molecule has 1 N–H and O–H groups in total. The predicted octanol–water partition coefficient (Wildman–Crippen LogP) is 2.09. The molecule has 3 fully saturated rings. The summed E-state index contributed by atoms with van der Waals surface area (Å²) in [5, 5.41) is 3.34. The quantitative estimate of drug-likeness (QED) is 0.742. The minimum atomic E-state index is -0.224. The van der Waals surface area contributed by atoms with Crippen molar-refractivity contribution in [2.45, 2.75) is 44.1 Å². The van der Waals surface area contributed by atoms with Crippen LogP contribution in [0.2, 0.25) is 0 Å². The number of nitrogens with zero attached hydrogens (tertiary/aromatic N) is 2. The number of likely N-dealkylation sites (tertiary alicyclic amines) is 1. The molecule has 0 amide bonds.